The van der Waals surface area contributed by atoms with Gasteiger partial charge in [0.2, 0.25) is 0 Å². The first-order valence-electron chi connectivity index (χ1n) is 5.72. The van der Waals surface area contributed by atoms with Crippen LogP contribution in [0.1, 0.15) is 5.56 Å². The van der Waals surface area contributed by atoms with Gasteiger partial charge in [-0.3, -0.25) is 0 Å². The molecule has 0 spiro atoms. The predicted molar refractivity (Wildman–Crippen MR) is 77.5 cm³/mol. The van der Waals surface area contributed by atoms with Crippen molar-refractivity contribution >= 4 is 34.1 Å². The topological polar surface area (TPSA) is 4.93 Å². The van der Waals surface area contributed by atoms with E-state index >= 15 is 0 Å². The van der Waals surface area contributed by atoms with Gasteiger partial charge in [0.15, 0.2) is 0 Å². The van der Waals surface area contributed by atoms with Gasteiger partial charge >= 0.3 is 0 Å². The van der Waals surface area contributed by atoms with E-state index in [-0.39, 0.29) is 0 Å². The van der Waals surface area contributed by atoms with Gasteiger partial charge in [-0.15, -0.1) is 0 Å². The molecule has 0 aliphatic rings. The normalized spacial score (nSPS) is 11.0. The van der Waals surface area contributed by atoms with Gasteiger partial charge < -0.3 is 4.57 Å². The van der Waals surface area contributed by atoms with E-state index < -0.39 is 0 Å². The largest absolute Gasteiger partial charge is 0.342 e. The molecule has 0 amide bonds. The van der Waals surface area contributed by atoms with E-state index in [9.17, 15) is 0 Å². The SMILES string of the molecule is Clc1ccc(Cn2ccc3cccc(Cl)c32)cc1. The maximum Gasteiger partial charge on any atom is 0.0672 e. The van der Waals surface area contributed by atoms with E-state index in [1.807, 2.05) is 36.4 Å². The second kappa shape index (κ2) is 4.68. The van der Waals surface area contributed by atoms with Crippen molar-refractivity contribution in [3.05, 3.63) is 70.3 Å². The molecule has 0 aliphatic heterocycles. The van der Waals surface area contributed by atoms with Crippen molar-refractivity contribution in [2.45, 2.75) is 6.54 Å². The van der Waals surface area contributed by atoms with Gasteiger partial charge in [0, 0.05) is 23.2 Å². The minimum absolute atomic E-state index is 0.758. The zero-order valence-electron chi connectivity index (χ0n) is 9.61. The second-order valence-electron chi connectivity index (χ2n) is 4.25. The molecule has 0 atom stereocenters. The summed E-state index contributed by atoms with van der Waals surface area (Å²) in [5.74, 6) is 0. The highest BCUT2D eigenvalue weighted by Crippen LogP contribution is 2.25. The molecule has 3 aromatic rings. The van der Waals surface area contributed by atoms with E-state index in [1.165, 1.54) is 5.56 Å². The monoisotopic (exact) mass is 275 g/mol. The number of halogens is 2. The molecule has 18 heavy (non-hydrogen) atoms. The quantitative estimate of drug-likeness (QED) is 0.621. The fourth-order valence-electron chi connectivity index (χ4n) is 2.13. The summed E-state index contributed by atoms with van der Waals surface area (Å²) in [5.41, 5.74) is 2.28. The Kier molecular flexibility index (Phi) is 3.02. The van der Waals surface area contributed by atoms with Crippen LogP contribution in [0, 0.1) is 0 Å². The molecular formula is C15H11Cl2N. The van der Waals surface area contributed by atoms with E-state index in [0.717, 1.165) is 27.5 Å². The molecule has 0 bridgehead atoms. The van der Waals surface area contributed by atoms with Crippen molar-refractivity contribution in [1.29, 1.82) is 0 Å². The van der Waals surface area contributed by atoms with Gasteiger partial charge in [-0.2, -0.15) is 0 Å². The van der Waals surface area contributed by atoms with Crippen molar-refractivity contribution < 1.29 is 0 Å². The van der Waals surface area contributed by atoms with E-state index in [4.69, 9.17) is 23.2 Å². The van der Waals surface area contributed by atoms with E-state index in [1.54, 1.807) is 0 Å². The number of rotatable bonds is 2. The smallest absolute Gasteiger partial charge is 0.0672 e. The Balaban J connectivity index is 2.02. The van der Waals surface area contributed by atoms with Gasteiger partial charge in [0.25, 0.3) is 0 Å². The van der Waals surface area contributed by atoms with Crippen LogP contribution in [-0.2, 0) is 6.54 Å². The first-order valence-corrected chi connectivity index (χ1v) is 6.47. The van der Waals surface area contributed by atoms with Crippen LogP contribution < -0.4 is 0 Å². The van der Waals surface area contributed by atoms with Gasteiger partial charge in [0.05, 0.1) is 10.5 Å². The lowest BCUT2D eigenvalue weighted by atomic mass is 10.2. The number of para-hydroxylation sites is 1. The van der Waals surface area contributed by atoms with Gasteiger partial charge in [-0.1, -0.05) is 47.5 Å². The van der Waals surface area contributed by atoms with Crippen LogP contribution in [0.3, 0.4) is 0 Å². The average molecular weight is 276 g/mol. The van der Waals surface area contributed by atoms with Gasteiger partial charge in [0.1, 0.15) is 0 Å². The van der Waals surface area contributed by atoms with Crippen LogP contribution in [0.15, 0.2) is 54.7 Å². The van der Waals surface area contributed by atoms with E-state index in [0.29, 0.717) is 0 Å². The number of hydrogen-bond donors (Lipinski definition) is 0. The van der Waals surface area contributed by atoms with Crippen molar-refractivity contribution in [2.24, 2.45) is 0 Å². The molecule has 1 heterocycles. The van der Waals surface area contributed by atoms with Crippen molar-refractivity contribution in [2.75, 3.05) is 0 Å². The summed E-state index contributed by atoms with van der Waals surface area (Å²) in [4.78, 5) is 0. The third kappa shape index (κ3) is 2.12. The predicted octanol–water partition coefficient (Wildman–Crippen LogP) is 5.00. The lowest BCUT2D eigenvalue weighted by Gasteiger charge is -2.07. The summed E-state index contributed by atoms with van der Waals surface area (Å²) in [7, 11) is 0. The fourth-order valence-corrected chi connectivity index (χ4v) is 2.55. The Labute approximate surface area is 116 Å². The minimum Gasteiger partial charge on any atom is -0.342 e. The standard InChI is InChI=1S/C15H11Cl2N/c16-13-6-4-11(5-7-13)10-18-9-8-12-2-1-3-14(17)15(12)18/h1-9H,10H2. The molecule has 1 nitrogen and oxygen atoms in total. The van der Waals surface area contributed by atoms with Crippen LogP contribution in [0.5, 0.6) is 0 Å². The number of fused-ring (bicyclic) bond motifs is 1. The Bertz CT molecular complexity index is 683. The van der Waals surface area contributed by atoms with Crippen LogP contribution in [0.4, 0.5) is 0 Å². The van der Waals surface area contributed by atoms with Crippen molar-refractivity contribution in [1.82, 2.24) is 4.57 Å². The Morgan fingerprint density at radius 2 is 1.67 bits per heavy atom. The van der Waals surface area contributed by atoms with Crippen LogP contribution in [0.2, 0.25) is 10.0 Å². The summed E-state index contributed by atoms with van der Waals surface area (Å²) in [6.45, 7) is 0.796. The van der Waals surface area contributed by atoms with Crippen molar-refractivity contribution in [3.8, 4) is 0 Å². The highest BCUT2D eigenvalue weighted by molar-refractivity contribution is 6.35. The highest BCUT2D eigenvalue weighted by Gasteiger charge is 2.05. The lowest BCUT2D eigenvalue weighted by Crippen LogP contribution is -1.97. The summed E-state index contributed by atoms with van der Waals surface area (Å²) in [6, 6.07) is 15.9. The molecule has 0 radical (unpaired) electrons. The summed E-state index contributed by atoms with van der Waals surface area (Å²) >= 11 is 12.1. The fraction of sp³-hybridized carbons (Fsp3) is 0.0667. The molecule has 0 unspecified atom stereocenters. The third-order valence-corrected chi connectivity index (χ3v) is 3.56. The molecule has 3 heteroatoms. The lowest BCUT2D eigenvalue weighted by molar-refractivity contribution is 0.837. The molecular weight excluding hydrogens is 265 g/mol. The molecule has 90 valence electrons. The van der Waals surface area contributed by atoms with E-state index in [2.05, 4.69) is 22.9 Å². The zero-order chi connectivity index (χ0) is 12.5. The Hall–Kier alpha value is -1.44. The van der Waals surface area contributed by atoms with Crippen LogP contribution in [-0.4, -0.2) is 4.57 Å². The molecule has 0 saturated heterocycles. The molecule has 1 aromatic heterocycles. The summed E-state index contributed by atoms with van der Waals surface area (Å²) in [6.07, 6.45) is 2.06. The van der Waals surface area contributed by atoms with Crippen LogP contribution in [0.25, 0.3) is 10.9 Å². The first kappa shape index (κ1) is 11.6. The molecule has 0 N–H and O–H groups in total. The number of aromatic nitrogens is 1. The summed E-state index contributed by atoms with van der Waals surface area (Å²) in [5, 5.41) is 2.71. The molecule has 0 aliphatic carbocycles. The Morgan fingerprint density at radius 3 is 2.44 bits per heavy atom. The van der Waals surface area contributed by atoms with Crippen molar-refractivity contribution in [3.63, 3.8) is 0 Å². The Morgan fingerprint density at radius 1 is 0.889 bits per heavy atom. The average Bonchev–Trinajstić information content (AvgIpc) is 2.77. The highest BCUT2D eigenvalue weighted by atomic mass is 35.5. The molecule has 2 aromatic carbocycles. The number of hydrogen-bond acceptors (Lipinski definition) is 0. The number of nitrogens with zero attached hydrogens (tertiary/aromatic N) is 1. The number of benzene rings is 2. The first-order chi connectivity index (χ1) is 8.74. The summed E-state index contributed by atoms with van der Waals surface area (Å²) < 4.78 is 2.15. The maximum absolute atomic E-state index is 6.25. The van der Waals surface area contributed by atoms with Gasteiger partial charge in [-0.25, -0.2) is 0 Å². The zero-order valence-corrected chi connectivity index (χ0v) is 11.1. The minimum atomic E-state index is 0.758. The molecule has 0 saturated carbocycles. The third-order valence-electron chi connectivity index (χ3n) is 3.01. The van der Waals surface area contributed by atoms with Crippen LogP contribution >= 0.6 is 23.2 Å². The second-order valence-corrected chi connectivity index (χ2v) is 5.09. The molecule has 3 rings (SSSR count). The maximum atomic E-state index is 6.25. The molecule has 0 fully saturated rings. The van der Waals surface area contributed by atoms with Gasteiger partial charge in [-0.05, 0) is 29.8 Å².